The molecule has 1 aromatic carbocycles. The molecular formula is C18H21N5O. The number of ketones is 1. The van der Waals surface area contributed by atoms with E-state index in [0.29, 0.717) is 6.54 Å². The first-order valence-corrected chi connectivity index (χ1v) is 8.44. The lowest BCUT2D eigenvalue weighted by Gasteiger charge is -2.34. The van der Waals surface area contributed by atoms with Crippen LogP contribution < -0.4 is 10.2 Å². The number of fused-ring (bicyclic) bond motifs is 1. The Labute approximate surface area is 141 Å². The van der Waals surface area contributed by atoms with Gasteiger partial charge in [0.2, 0.25) is 5.95 Å². The summed E-state index contributed by atoms with van der Waals surface area (Å²) in [5, 5.41) is 3.33. The molecule has 1 N–H and O–H groups in total. The van der Waals surface area contributed by atoms with Crippen LogP contribution in [0.5, 0.6) is 0 Å². The number of carbonyl (C=O) groups is 1. The summed E-state index contributed by atoms with van der Waals surface area (Å²) >= 11 is 0. The molecular weight excluding hydrogens is 302 g/mol. The Hall–Kier alpha value is -2.47. The van der Waals surface area contributed by atoms with Crippen molar-refractivity contribution in [1.82, 2.24) is 14.9 Å². The van der Waals surface area contributed by atoms with Crippen LogP contribution in [0.25, 0.3) is 0 Å². The lowest BCUT2D eigenvalue weighted by atomic mass is 10.0. The van der Waals surface area contributed by atoms with E-state index in [0.717, 1.165) is 50.7 Å². The zero-order valence-electron chi connectivity index (χ0n) is 13.6. The molecule has 2 aromatic rings. The van der Waals surface area contributed by atoms with Crippen molar-refractivity contribution in [2.75, 3.05) is 49.5 Å². The predicted octanol–water partition coefficient (Wildman–Crippen LogP) is 1.45. The van der Waals surface area contributed by atoms with Gasteiger partial charge in [0, 0.05) is 56.4 Å². The quantitative estimate of drug-likeness (QED) is 0.860. The Bertz CT molecular complexity index is 725. The molecule has 1 saturated heterocycles. The van der Waals surface area contributed by atoms with E-state index in [1.807, 2.05) is 24.3 Å². The Balaban J connectivity index is 1.34. The highest BCUT2D eigenvalue weighted by molar-refractivity contribution is 5.98. The van der Waals surface area contributed by atoms with E-state index in [4.69, 9.17) is 0 Å². The van der Waals surface area contributed by atoms with E-state index in [2.05, 4.69) is 25.1 Å². The van der Waals surface area contributed by atoms with Crippen molar-refractivity contribution in [1.29, 1.82) is 0 Å². The number of anilines is 2. The van der Waals surface area contributed by atoms with Crippen LogP contribution in [0.2, 0.25) is 0 Å². The summed E-state index contributed by atoms with van der Waals surface area (Å²) in [6, 6.07) is 7.84. The Morgan fingerprint density at radius 3 is 2.71 bits per heavy atom. The third-order valence-electron chi connectivity index (χ3n) is 4.71. The molecule has 0 amide bonds. The summed E-state index contributed by atoms with van der Waals surface area (Å²) in [6.07, 6.45) is 4.54. The van der Waals surface area contributed by atoms with Crippen LogP contribution in [0.3, 0.4) is 0 Å². The van der Waals surface area contributed by atoms with Crippen molar-refractivity contribution < 1.29 is 4.79 Å². The van der Waals surface area contributed by atoms with E-state index >= 15 is 0 Å². The maximum atomic E-state index is 12.6. The van der Waals surface area contributed by atoms with Crippen molar-refractivity contribution >= 4 is 17.4 Å². The van der Waals surface area contributed by atoms with Crippen LogP contribution in [-0.2, 0) is 6.42 Å². The van der Waals surface area contributed by atoms with Gasteiger partial charge >= 0.3 is 0 Å². The normalized spacial score (nSPS) is 17.4. The number of rotatable bonds is 4. The Kier molecular flexibility index (Phi) is 4.13. The van der Waals surface area contributed by atoms with E-state index in [1.165, 1.54) is 11.3 Å². The minimum atomic E-state index is 0.203. The molecule has 3 heterocycles. The van der Waals surface area contributed by atoms with E-state index in [9.17, 15) is 4.79 Å². The maximum Gasteiger partial charge on any atom is 0.225 e. The second kappa shape index (κ2) is 6.57. The topological polar surface area (TPSA) is 61.4 Å². The van der Waals surface area contributed by atoms with Crippen LogP contribution in [0.15, 0.2) is 36.7 Å². The molecule has 124 valence electrons. The molecule has 6 nitrogen and oxygen atoms in total. The lowest BCUT2D eigenvalue weighted by molar-refractivity contribution is 0.0926. The molecule has 0 saturated carbocycles. The van der Waals surface area contributed by atoms with Crippen LogP contribution >= 0.6 is 0 Å². The highest BCUT2D eigenvalue weighted by atomic mass is 16.1. The molecule has 1 fully saturated rings. The molecule has 6 heteroatoms. The van der Waals surface area contributed by atoms with Crippen molar-refractivity contribution in [3.63, 3.8) is 0 Å². The molecule has 2 aliphatic heterocycles. The van der Waals surface area contributed by atoms with Crippen LogP contribution in [0.4, 0.5) is 11.6 Å². The Morgan fingerprint density at radius 2 is 1.92 bits per heavy atom. The van der Waals surface area contributed by atoms with Crippen molar-refractivity contribution in [2.45, 2.75) is 6.42 Å². The van der Waals surface area contributed by atoms with Crippen molar-refractivity contribution in [3.05, 3.63) is 47.8 Å². The number of nitrogens with one attached hydrogen (secondary N) is 1. The molecule has 4 rings (SSSR count). The smallest absolute Gasteiger partial charge is 0.225 e. The van der Waals surface area contributed by atoms with Gasteiger partial charge in [-0.2, -0.15) is 0 Å². The standard InChI is InChI=1S/C18H21N5O/c24-17(15-2-3-16-14(12-15)4-7-19-16)13-22-8-10-23(11-9-22)18-20-5-1-6-21-18/h1-3,5-6,12,19H,4,7-11,13H2. The minimum Gasteiger partial charge on any atom is -0.384 e. The summed E-state index contributed by atoms with van der Waals surface area (Å²) in [4.78, 5) is 25.5. The highest BCUT2D eigenvalue weighted by Crippen LogP contribution is 2.23. The summed E-state index contributed by atoms with van der Waals surface area (Å²) in [5.41, 5.74) is 3.25. The number of piperazine rings is 1. The van der Waals surface area contributed by atoms with Gasteiger partial charge in [-0.1, -0.05) is 0 Å². The fraction of sp³-hybridized carbons (Fsp3) is 0.389. The van der Waals surface area contributed by atoms with E-state index in [1.54, 1.807) is 12.4 Å². The molecule has 1 aromatic heterocycles. The average molecular weight is 323 g/mol. The van der Waals surface area contributed by atoms with Gasteiger partial charge in [0.15, 0.2) is 5.78 Å². The number of hydrogen-bond donors (Lipinski definition) is 1. The highest BCUT2D eigenvalue weighted by Gasteiger charge is 2.21. The number of hydrogen-bond acceptors (Lipinski definition) is 6. The minimum absolute atomic E-state index is 0.203. The van der Waals surface area contributed by atoms with E-state index < -0.39 is 0 Å². The number of Topliss-reactive ketones (excluding diaryl/α,β-unsaturated/α-hetero) is 1. The third-order valence-corrected chi connectivity index (χ3v) is 4.71. The second-order valence-corrected chi connectivity index (χ2v) is 6.28. The zero-order chi connectivity index (χ0) is 16.4. The van der Waals surface area contributed by atoms with Crippen LogP contribution in [0.1, 0.15) is 15.9 Å². The number of benzene rings is 1. The summed E-state index contributed by atoms with van der Waals surface area (Å²) in [7, 11) is 0. The van der Waals surface area contributed by atoms with Crippen molar-refractivity contribution in [3.8, 4) is 0 Å². The predicted molar refractivity (Wildman–Crippen MR) is 93.7 cm³/mol. The fourth-order valence-corrected chi connectivity index (χ4v) is 3.33. The zero-order valence-corrected chi connectivity index (χ0v) is 13.6. The SMILES string of the molecule is O=C(CN1CCN(c2ncccn2)CC1)c1ccc2c(c1)CCN2. The van der Waals surface area contributed by atoms with Gasteiger partial charge in [0.25, 0.3) is 0 Å². The second-order valence-electron chi connectivity index (χ2n) is 6.28. The van der Waals surface area contributed by atoms with Crippen LogP contribution in [-0.4, -0.2) is 59.9 Å². The van der Waals surface area contributed by atoms with Gasteiger partial charge in [-0.15, -0.1) is 0 Å². The van der Waals surface area contributed by atoms with Gasteiger partial charge in [-0.25, -0.2) is 9.97 Å². The van der Waals surface area contributed by atoms with Gasteiger partial charge in [-0.3, -0.25) is 9.69 Å². The van der Waals surface area contributed by atoms with Gasteiger partial charge in [0.1, 0.15) is 0 Å². The maximum absolute atomic E-state index is 12.6. The molecule has 0 radical (unpaired) electrons. The third kappa shape index (κ3) is 3.10. The first-order chi connectivity index (χ1) is 11.8. The van der Waals surface area contributed by atoms with Gasteiger partial charge < -0.3 is 10.2 Å². The molecule has 0 unspecified atom stereocenters. The summed E-state index contributed by atoms with van der Waals surface area (Å²) < 4.78 is 0. The fourth-order valence-electron chi connectivity index (χ4n) is 3.33. The summed E-state index contributed by atoms with van der Waals surface area (Å²) in [6.45, 7) is 4.87. The monoisotopic (exact) mass is 323 g/mol. The average Bonchev–Trinajstić information content (AvgIpc) is 3.11. The first kappa shape index (κ1) is 15.1. The van der Waals surface area contributed by atoms with Gasteiger partial charge in [-0.05, 0) is 36.2 Å². The van der Waals surface area contributed by atoms with E-state index in [-0.39, 0.29) is 5.78 Å². The number of nitrogens with zero attached hydrogens (tertiary/aromatic N) is 4. The molecule has 2 aliphatic rings. The van der Waals surface area contributed by atoms with Crippen LogP contribution in [0, 0.1) is 0 Å². The molecule has 0 bridgehead atoms. The molecule has 0 aliphatic carbocycles. The number of carbonyl (C=O) groups excluding carboxylic acids is 1. The van der Waals surface area contributed by atoms with Crippen molar-refractivity contribution in [2.24, 2.45) is 0 Å². The molecule has 24 heavy (non-hydrogen) atoms. The largest absolute Gasteiger partial charge is 0.384 e. The number of aromatic nitrogens is 2. The van der Waals surface area contributed by atoms with Gasteiger partial charge in [0.05, 0.1) is 6.54 Å². The molecule has 0 atom stereocenters. The Morgan fingerprint density at radius 1 is 1.12 bits per heavy atom. The molecule has 0 spiro atoms. The summed E-state index contributed by atoms with van der Waals surface area (Å²) in [5.74, 6) is 0.976. The lowest BCUT2D eigenvalue weighted by Crippen LogP contribution is -2.48. The first-order valence-electron chi connectivity index (χ1n) is 8.44.